The van der Waals surface area contributed by atoms with Crippen LogP contribution in [0.25, 0.3) is 0 Å². The Labute approximate surface area is 174 Å². The van der Waals surface area contributed by atoms with Gasteiger partial charge in [0.05, 0.1) is 31.0 Å². The summed E-state index contributed by atoms with van der Waals surface area (Å²) in [7, 11) is 0. The molecule has 0 aliphatic heterocycles. The van der Waals surface area contributed by atoms with E-state index in [2.05, 4.69) is 13.8 Å². The minimum Gasteiger partial charge on any atom is -0.394 e. The van der Waals surface area contributed by atoms with Crippen LogP contribution in [0.3, 0.4) is 0 Å². The smallest absolute Gasteiger partial charge is 0.102 e. The van der Waals surface area contributed by atoms with E-state index < -0.39 is 22.7 Å². The number of ether oxygens (including phenoxy) is 1. The molecule has 5 aliphatic rings. The van der Waals surface area contributed by atoms with Crippen molar-refractivity contribution in [3.05, 3.63) is 0 Å². The third-order valence-corrected chi connectivity index (χ3v) is 11.2. The molecule has 166 valence electrons. The molecule has 5 aliphatic carbocycles. The molecule has 0 heterocycles. The second-order valence-corrected chi connectivity index (χ2v) is 12.1. The second kappa shape index (κ2) is 5.98. The predicted molar refractivity (Wildman–Crippen MR) is 109 cm³/mol. The number of fused-ring (bicyclic) bond motifs is 4. The van der Waals surface area contributed by atoms with Gasteiger partial charge in [-0.05, 0) is 82.0 Å². The van der Waals surface area contributed by atoms with Gasteiger partial charge < -0.3 is 25.2 Å². The maximum absolute atomic E-state index is 12.2. The van der Waals surface area contributed by atoms with Gasteiger partial charge in [0, 0.05) is 16.7 Å². The first kappa shape index (κ1) is 20.7. The fourth-order valence-electron chi connectivity index (χ4n) is 9.69. The Morgan fingerprint density at radius 1 is 0.966 bits per heavy atom. The molecule has 5 fully saturated rings. The molecular formula is C24H40O5. The Bertz CT molecular complexity index is 695. The number of rotatable bonds is 4. The molecule has 0 saturated heterocycles. The number of aliphatic hydroxyl groups excluding tert-OH is 3. The van der Waals surface area contributed by atoms with Crippen molar-refractivity contribution in [3.8, 4) is 0 Å². The molecular weight excluding hydrogens is 368 g/mol. The summed E-state index contributed by atoms with van der Waals surface area (Å²) < 4.78 is 5.97. The highest BCUT2D eigenvalue weighted by molar-refractivity contribution is 5.29. The zero-order chi connectivity index (χ0) is 21.0. The highest BCUT2D eigenvalue weighted by atomic mass is 16.5. The molecule has 0 bridgehead atoms. The van der Waals surface area contributed by atoms with Gasteiger partial charge in [0.1, 0.15) is 5.60 Å². The lowest BCUT2D eigenvalue weighted by Gasteiger charge is -2.65. The van der Waals surface area contributed by atoms with Crippen molar-refractivity contribution in [1.82, 2.24) is 0 Å². The standard InChI is InChI=1S/C24H40O5/c1-20(2,29-10-9-25)17-6-8-22(4)16-11-18(26)23-13-14(23)5-7-21(23,3)15(16)12-19(27)24(17,22)28/h14-19,25-28H,5-13H2,1-4H3/t14?,15?,16?,17?,18-,19?,21?,22?,23?,24?/m1/s1. The molecule has 5 rings (SSSR count). The van der Waals surface area contributed by atoms with Gasteiger partial charge in [0.2, 0.25) is 0 Å². The van der Waals surface area contributed by atoms with Crippen molar-refractivity contribution in [1.29, 1.82) is 0 Å². The van der Waals surface area contributed by atoms with E-state index in [-0.39, 0.29) is 42.0 Å². The minimum absolute atomic E-state index is 0.0487. The molecule has 0 aromatic rings. The first-order valence-corrected chi connectivity index (χ1v) is 11.8. The van der Waals surface area contributed by atoms with Crippen LogP contribution in [0.5, 0.6) is 0 Å². The third kappa shape index (κ3) is 2.20. The van der Waals surface area contributed by atoms with Crippen LogP contribution in [0, 0.1) is 39.9 Å². The van der Waals surface area contributed by atoms with E-state index in [4.69, 9.17) is 4.74 Å². The molecule has 29 heavy (non-hydrogen) atoms. The van der Waals surface area contributed by atoms with Crippen molar-refractivity contribution < 1.29 is 25.2 Å². The van der Waals surface area contributed by atoms with Crippen LogP contribution in [0.15, 0.2) is 0 Å². The highest BCUT2D eigenvalue weighted by Gasteiger charge is 2.80. The third-order valence-electron chi connectivity index (χ3n) is 11.2. The van der Waals surface area contributed by atoms with Crippen molar-refractivity contribution in [2.75, 3.05) is 13.2 Å². The lowest BCUT2D eigenvalue weighted by atomic mass is 9.42. The zero-order valence-corrected chi connectivity index (χ0v) is 18.5. The fourth-order valence-corrected chi connectivity index (χ4v) is 9.69. The summed E-state index contributed by atoms with van der Waals surface area (Å²) in [6.07, 6.45) is 5.47. The van der Waals surface area contributed by atoms with Crippen molar-refractivity contribution in [2.45, 2.75) is 96.1 Å². The van der Waals surface area contributed by atoms with E-state index in [1.54, 1.807) is 0 Å². The Morgan fingerprint density at radius 3 is 2.24 bits per heavy atom. The maximum atomic E-state index is 12.2. The predicted octanol–water partition coefficient (Wildman–Crippen LogP) is 2.49. The average Bonchev–Trinajstić information content (AvgIpc) is 3.22. The van der Waals surface area contributed by atoms with Gasteiger partial charge in [-0.2, -0.15) is 0 Å². The summed E-state index contributed by atoms with van der Waals surface area (Å²) in [5.74, 6) is 1.05. The summed E-state index contributed by atoms with van der Waals surface area (Å²) in [4.78, 5) is 0. The van der Waals surface area contributed by atoms with Gasteiger partial charge in [0.25, 0.3) is 0 Å². The molecule has 0 aromatic carbocycles. The van der Waals surface area contributed by atoms with Crippen LogP contribution in [0.4, 0.5) is 0 Å². The minimum atomic E-state index is -1.23. The molecule has 10 atom stereocenters. The van der Waals surface area contributed by atoms with E-state index in [0.29, 0.717) is 18.3 Å². The lowest BCUT2D eigenvalue weighted by molar-refractivity contribution is -0.275. The average molecular weight is 409 g/mol. The maximum Gasteiger partial charge on any atom is 0.102 e. The summed E-state index contributed by atoms with van der Waals surface area (Å²) >= 11 is 0. The Balaban J connectivity index is 1.53. The van der Waals surface area contributed by atoms with Crippen LogP contribution in [0.1, 0.15) is 72.6 Å². The Morgan fingerprint density at radius 2 is 1.59 bits per heavy atom. The first-order chi connectivity index (χ1) is 13.5. The number of hydrogen-bond acceptors (Lipinski definition) is 5. The summed E-state index contributed by atoms with van der Waals surface area (Å²) in [5, 5.41) is 44.2. The quantitative estimate of drug-likeness (QED) is 0.574. The zero-order valence-electron chi connectivity index (χ0n) is 18.5. The highest BCUT2D eigenvalue weighted by Crippen LogP contribution is 2.82. The molecule has 0 aromatic heterocycles. The van der Waals surface area contributed by atoms with Gasteiger partial charge in [0.15, 0.2) is 0 Å². The van der Waals surface area contributed by atoms with Crippen LogP contribution < -0.4 is 0 Å². The summed E-state index contributed by atoms with van der Waals surface area (Å²) in [6.45, 7) is 8.69. The van der Waals surface area contributed by atoms with Crippen LogP contribution in [-0.2, 0) is 4.74 Å². The lowest BCUT2D eigenvalue weighted by Crippen LogP contribution is -2.70. The van der Waals surface area contributed by atoms with Gasteiger partial charge in [-0.15, -0.1) is 0 Å². The van der Waals surface area contributed by atoms with E-state index in [0.717, 1.165) is 32.1 Å². The van der Waals surface area contributed by atoms with E-state index in [1.807, 2.05) is 13.8 Å². The SMILES string of the molecule is CC(C)(OCCO)C1CCC2(C)C3C[C@@H](O)C45CC4CCC5(C)C3CC(O)C12O. The Hall–Kier alpha value is -0.200. The fraction of sp³-hybridized carbons (Fsp3) is 1.00. The van der Waals surface area contributed by atoms with Gasteiger partial charge >= 0.3 is 0 Å². The topological polar surface area (TPSA) is 90.2 Å². The number of aliphatic hydroxyl groups is 4. The number of hydrogen-bond donors (Lipinski definition) is 4. The van der Waals surface area contributed by atoms with Crippen molar-refractivity contribution in [3.63, 3.8) is 0 Å². The monoisotopic (exact) mass is 408 g/mol. The largest absolute Gasteiger partial charge is 0.394 e. The molecule has 0 radical (unpaired) electrons. The van der Waals surface area contributed by atoms with Gasteiger partial charge in [-0.1, -0.05) is 13.8 Å². The van der Waals surface area contributed by atoms with E-state index in [9.17, 15) is 20.4 Å². The molecule has 5 nitrogen and oxygen atoms in total. The van der Waals surface area contributed by atoms with Crippen molar-refractivity contribution in [2.24, 2.45) is 39.9 Å². The first-order valence-electron chi connectivity index (χ1n) is 11.8. The second-order valence-electron chi connectivity index (χ2n) is 12.1. The van der Waals surface area contributed by atoms with Crippen molar-refractivity contribution >= 4 is 0 Å². The summed E-state index contributed by atoms with van der Waals surface area (Å²) in [5.41, 5.74) is -2.14. The van der Waals surface area contributed by atoms with E-state index in [1.165, 1.54) is 6.42 Å². The Kier molecular flexibility index (Phi) is 4.26. The van der Waals surface area contributed by atoms with Crippen LogP contribution in [0.2, 0.25) is 0 Å². The molecule has 5 saturated carbocycles. The van der Waals surface area contributed by atoms with Crippen LogP contribution in [-0.4, -0.2) is 57.0 Å². The van der Waals surface area contributed by atoms with Crippen LogP contribution >= 0.6 is 0 Å². The van der Waals surface area contributed by atoms with E-state index >= 15 is 0 Å². The molecule has 5 heteroatoms. The summed E-state index contributed by atoms with van der Waals surface area (Å²) in [6, 6.07) is 0. The molecule has 4 N–H and O–H groups in total. The molecule has 9 unspecified atom stereocenters. The molecule has 1 spiro atoms. The normalized spacial score (nSPS) is 58.3. The van der Waals surface area contributed by atoms with Gasteiger partial charge in [-0.3, -0.25) is 0 Å². The van der Waals surface area contributed by atoms with Gasteiger partial charge in [-0.25, -0.2) is 0 Å². The molecule has 0 amide bonds.